The SMILES string of the molecule is Cc1cn([C@H]2C[C@H](CC(=O)NC[C@H]3O[C@@H](n4cc(C)c(=O)[nH]c4=O)C[C@@H]3O)[C@@H](CO)O2)c(=O)[nH]c1=O. The van der Waals surface area contributed by atoms with Crippen LogP contribution in [0.5, 0.6) is 0 Å². The third-order valence-corrected chi connectivity index (χ3v) is 6.61. The Kier molecular flexibility index (Phi) is 7.40. The number of aromatic nitrogens is 4. The molecule has 2 fully saturated rings. The lowest BCUT2D eigenvalue weighted by Gasteiger charge is -2.18. The van der Waals surface area contributed by atoms with Crippen LogP contribution in [0.3, 0.4) is 0 Å². The van der Waals surface area contributed by atoms with Crippen LogP contribution in [0.2, 0.25) is 0 Å². The zero-order chi connectivity index (χ0) is 26.1. The second kappa shape index (κ2) is 10.3. The number of rotatable bonds is 7. The molecule has 196 valence electrons. The smallest absolute Gasteiger partial charge is 0.330 e. The van der Waals surface area contributed by atoms with Crippen LogP contribution >= 0.6 is 0 Å². The van der Waals surface area contributed by atoms with Crippen molar-refractivity contribution in [1.29, 1.82) is 0 Å². The number of amides is 1. The number of aromatic amines is 2. The van der Waals surface area contributed by atoms with Gasteiger partial charge in [0.05, 0.1) is 18.8 Å². The lowest BCUT2D eigenvalue weighted by atomic mass is 9.96. The molecule has 36 heavy (non-hydrogen) atoms. The molecule has 2 aliphatic rings. The molecule has 4 heterocycles. The first-order valence-electron chi connectivity index (χ1n) is 11.6. The van der Waals surface area contributed by atoms with Gasteiger partial charge in [0.15, 0.2) is 0 Å². The van der Waals surface area contributed by atoms with Crippen molar-refractivity contribution in [1.82, 2.24) is 24.4 Å². The first-order valence-corrected chi connectivity index (χ1v) is 11.6. The van der Waals surface area contributed by atoms with Crippen LogP contribution < -0.4 is 27.8 Å². The number of H-pyrrole nitrogens is 2. The molecule has 0 spiro atoms. The minimum Gasteiger partial charge on any atom is -0.394 e. The summed E-state index contributed by atoms with van der Waals surface area (Å²) in [5.74, 6) is -0.770. The largest absolute Gasteiger partial charge is 0.394 e. The third-order valence-electron chi connectivity index (χ3n) is 6.61. The second-order valence-electron chi connectivity index (χ2n) is 9.21. The van der Waals surface area contributed by atoms with Crippen molar-refractivity contribution >= 4 is 5.91 Å². The average Bonchev–Trinajstić information content (AvgIpc) is 3.40. The molecule has 14 heteroatoms. The number of aryl methyl sites for hydroxylation is 2. The number of hydrogen-bond acceptors (Lipinski definition) is 9. The number of aliphatic hydroxyl groups is 2. The number of ether oxygens (including phenoxy) is 2. The first-order chi connectivity index (χ1) is 17.1. The van der Waals surface area contributed by atoms with Gasteiger partial charge in [0.2, 0.25) is 5.91 Å². The van der Waals surface area contributed by atoms with Crippen molar-refractivity contribution in [2.75, 3.05) is 13.2 Å². The molecule has 4 rings (SSSR count). The van der Waals surface area contributed by atoms with Crippen molar-refractivity contribution in [3.05, 3.63) is 65.2 Å². The van der Waals surface area contributed by atoms with Crippen molar-refractivity contribution in [3.63, 3.8) is 0 Å². The van der Waals surface area contributed by atoms with E-state index in [-0.39, 0.29) is 38.3 Å². The molecule has 0 radical (unpaired) electrons. The molecule has 5 N–H and O–H groups in total. The van der Waals surface area contributed by atoms with Gasteiger partial charge in [0.25, 0.3) is 11.1 Å². The molecule has 0 bridgehead atoms. The summed E-state index contributed by atoms with van der Waals surface area (Å²) in [5, 5.41) is 22.8. The summed E-state index contributed by atoms with van der Waals surface area (Å²) < 4.78 is 13.9. The van der Waals surface area contributed by atoms with Gasteiger partial charge in [-0.25, -0.2) is 9.59 Å². The number of aliphatic hydroxyl groups excluding tert-OH is 2. The maximum atomic E-state index is 12.6. The van der Waals surface area contributed by atoms with Gasteiger partial charge in [0, 0.05) is 48.8 Å². The maximum Gasteiger partial charge on any atom is 0.330 e. The molecule has 6 atom stereocenters. The second-order valence-corrected chi connectivity index (χ2v) is 9.21. The Bertz CT molecular complexity index is 1360. The molecule has 0 aromatic carbocycles. The number of carbonyl (C=O) groups excluding carboxylic acids is 1. The minimum atomic E-state index is -0.950. The standard InChI is InChI=1S/C22H29N5O9/c1-10-7-26(21(33)24-19(10)31)17-4-12(15(9-28)36-17)3-16(30)23-6-14-13(29)5-18(35-14)27-8-11(2)20(32)25-22(27)34/h7-8,12-15,17-18,28-29H,3-6,9H2,1-2H3,(H,23,30)(H,24,31,33)(H,25,32,34)/t12-,13-,14+,15+,17+,18+/m0/s1. The highest BCUT2D eigenvalue weighted by Crippen LogP contribution is 2.34. The molecule has 2 aliphatic heterocycles. The van der Waals surface area contributed by atoms with Crippen LogP contribution in [-0.2, 0) is 14.3 Å². The van der Waals surface area contributed by atoms with E-state index in [0.717, 1.165) is 0 Å². The summed E-state index contributed by atoms with van der Waals surface area (Å²) in [7, 11) is 0. The van der Waals surface area contributed by atoms with Crippen LogP contribution in [0.1, 0.15) is 42.8 Å². The fourth-order valence-corrected chi connectivity index (χ4v) is 4.56. The Balaban J connectivity index is 1.35. The third kappa shape index (κ3) is 5.26. The van der Waals surface area contributed by atoms with Crippen LogP contribution in [0, 0.1) is 19.8 Å². The quantitative estimate of drug-likeness (QED) is 0.275. The van der Waals surface area contributed by atoms with Crippen molar-refractivity contribution < 1.29 is 24.5 Å². The van der Waals surface area contributed by atoms with Crippen LogP contribution in [-0.4, -0.2) is 66.7 Å². The van der Waals surface area contributed by atoms with Crippen LogP contribution in [0.15, 0.2) is 31.6 Å². The monoisotopic (exact) mass is 507 g/mol. The molecule has 2 saturated heterocycles. The van der Waals surface area contributed by atoms with E-state index in [1.807, 2.05) is 0 Å². The zero-order valence-electron chi connectivity index (χ0n) is 19.8. The van der Waals surface area contributed by atoms with Gasteiger partial charge >= 0.3 is 11.4 Å². The zero-order valence-corrected chi connectivity index (χ0v) is 19.8. The van der Waals surface area contributed by atoms with Gasteiger partial charge in [-0.3, -0.25) is 33.5 Å². The van der Waals surface area contributed by atoms with Gasteiger partial charge < -0.3 is 25.0 Å². The highest BCUT2D eigenvalue weighted by atomic mass is 16.5. The molecule has 0 unspecified atom stereocenters. The van der Waals surface area contributed by atoms with Gasteiger partial charge in [-0.05, 0) is 20.3 Å². The van der Waals surface area contributed by atoms with Gasteiger partial charge in [-0.15, -0.1) is 0 Å². The summed E-state index contributed by atoms with van der Waals surface area (Å²) in [6, 6.07) is 0. The number of nitrogens with one attached hydrogen (secondary N) is 3. The normalized spacial score (nSPS) is 27.9. The number of carbonyl (C=O) groups is 1. The van der Waals surface area contributed by atoms with E-state index in [0.29, 0.717) is 11.1 Å². The van der Waals surface area contributed by atoms with E-state index >= 15 is 0 Å². The van der Waals surface area contributed by atoms with Gasteiger partial charge in [-0.2, -0.15) is 0 Å². The van der Waals surface area contributed by atoms with Crippen molar-refractivity contribution in [2.45, 2.75) is 63.9 Å². The fourth-order valence-electron chi connectivity index (χ4n) is 4.56. The Hall–Kier alpha value is -3.33. The van der Waals surface area contributed by atoms with Crippen LogP contribution in [0.25, 0.3) is 0 Å². The van der Waals surface area contributed by atoms with Crippen LogP contribution in [0.4, 0.5) is 0 Å². The average molecular weight is 508 g/mol. The van der Waals surface area contributed by atoms with Crippen molar-refractivity contribution in [2.24, 2.45) is 5.92 Å². The first kappa shape index (κ1) is 25.8. The molecule has 0 saturated carbocycles. The van der Waals surface area contributed by atoms with E-state index in [2.05, 4.69) is 15.3 Å². The molecular weight excluding hydrogens is 478 g/mol. The molecule has 2 aromatic rings. The Morgan fingerprint density at radius 3 is 2.06 bits per heavy atom. The number of nitrogens with zero attached hydrogens (tertiary/aromatic N) is 2. The summed E-state index contributed by atoms with van der Waals surface area (Å²) >= 11 is 0. The maximum absolute atomic E-state index is 12.6. The molecule has 2 aromatic heterocycles. The molecule has 0 aliphatic carbocycles. The van der Waals surface area contributed by atoms with Gasteiger partial charge in [0.1, 0.15) is 18.6 Å². The lowest BCUT2D eigenvalue weighted by Crippen LogP contribution is -2.38. The Morgan fingerprint density at radius 2 is 1.50 bits per heavy atom. The highest BCUT2D eigenvalue weighted by Gasteiger charge is 2.39. The van der Waals surface area contributed by atoms with Gasteiger partial charge in [-0.1, -0.05) is 0 Å². The molecule has 1 amide bonds. The summed E-state index contributed by atoms with van der Waals surface area (Å²) in [6.07, 6.45) is -0.858. The predicted octanol–water partition coefficient (Wildman–Crippen LogP) is -2.25. The summed E-state index contributed by atoms with van der Waals surface area (Å²) in [5.41, 5.74) is -1.65. The Labute approximate surface area is 203 Å². The highest BCUT2D eigenvalue weighted by molar-refractivity contribution is 5.76. The van der Waals surface area contributed by atoms with E-state index in [1.54, 1.807) is 13.8 Å². The summed E-state index contributed by atoms with van der Waals surface area (Å²) in [6.45, 7) is 2.72. The predicted molar refractivity (Wildman–Crippen MR) is 123 cm³/mol. The fraction of sp³-hybridized carbons (Fsp3) is 0.591. The lowest BCUT2D eigenvalue weighted by molar-refractivity contribution is -0.123. The molecule has 14 nitrogen and oxygen atoms in total. The summed E-state index contributed by atoms with van der Waals surface area (Å²) in [4.78, 5) is 64.5. The van der Waals surface area contributed by atoms with E-state index in [1.165, 1.54) is 21.5 Å². The van der Waals surface area contributed by atoms with E-state index < -0.39 is 59.2 Å². The minimum absolute atomic E-state index is 0.0103. The Morgan fingerprint density at radius 1 is 0.972 bits per heavy atom. The number of hydrogen-bond donors (Lipinski definition) is 5. The van der Waals surface area contributed by atoms with E-state index in [9.17, 15) is 34.2 Å². The van der Waals surface area contributed by atoms with E-state index in [4.69, 9.17) is 9.47 Å². The topological polar surface area (TPSA) is 198 Å². The molecular formula is C22H29N5O9. The van der Waals surface area contributed by atoms with Crippen molar-refractivity contribution in [3.8, 4) is 0 Å².